The Bertz CT molecular complexity index is 491. The van der Waals surface area contributed by atoms with Gasteiger partial charge < -0.3 is 15.8 Å². The Kier molecular flexibility index (Phi) is 6.94. The molecule has 0 saturated carbocycles. The van der Waals surface area contributed by atoms with E-state index in [2.05, 4.69) is 5.32 Å². The third-order valence-corrected chi connectivity index (χ3v) is 3.36. The van der Waals surface area contributed by atoms with E-state index in [0.29, 0.717) is 0 Å². The second-order valence-electron chi connectivity index (χ2n) is 3.64. The SMILES string of the molecule is NC(=O)NNS(=O)(=O)c1ccccc1.[CH]1COCCN1. The van der Waals surface area contributed by atoms with Gasteiger partial charge in [-0.2, -0.15) is 0 Å². The number of carbonyl (C=O) groups excluding carboxylic acids is 1. The van der Waals surface area contributed by atoms with Gasteiger partial charge in [0.1, 0.15) is 0 Å². The highest BCUT2D eigenvalue weighted by Gasteiger charge is 2.12. The summed E-state index contributed by atoms with van der Waals surface area (Å²) < 4.78 is 27.7. The van der Waals surface area contributed by atoms with Gasteiger partial charge >= 0.3 is 6.03 Å². The van der Waals surface area contributed by atoms with Crippen LogP contribution < -0.4 is 21.3 Å². The van der Waals surface area contributed by atoms with E-state index in [1.54, 1.807) is 23.6 Å². The van der Waals surface area contributed by atoms with E-state index in [4.69, 9.17) is 10.5 Å². The Morgan fingerprint density at radius 1 is 1.30 bits per heavy atom. The van der Waals surface area contributed by atoms with E-state index < -0.39 is 16.1 Å². The first-order chi connectivity index (χ1) is 9.52. The van der Waals surface area contributed by atoms with Crippen molar-refractivity contribution in [2.45, 2.75) is 4.90 Å². The Morgan fingerprint density at radius 3 is 2.40 bits per heavy atom. The number of carbonyl (C=O) groups is 1. The number of primary amides is 1. The van der Waals surface area contributed by atoms with Gasteiger partial charge in [0.15, 0.2) is 0 Å². The van der Waals surface area contributed by atoms with Crippen LogP contribution in [0.3, 0.4) is 0 Å². The fraction of sp³-hybridized carbons (Fsp3) is 0.273. The highest BCUT2D eigenvalue weighted by molar-refractivity contribution is 7.89. The average molecular weight is 301 g/mol. The monoisotopic (exact) mass is 301 g/mol. The summed E-state index contributed by atoms with van der Waals surface area (Å²) in [5.74, 6) is 0. The summed E-state index contributed by atoms with van der Waals surface area (Å²) in [6.07, 6.45) is 0. The fourth-order valence-corrected chi connectivity index (χ4v) is 2.08. The van der Waals surface area contributed by atoms with Crippen molar-refractivity contribution in [1.29, 1.82) is 0 Å². The lowest BCUT2D eigenvalue weighted by molar-refractivity contribution is 0.129. The molecular formula is C11H17N4O4S. The van der Waals surface area contributed by atoms with E-state index in [9.17, 15) is 13.2 Å². The van der Waals surface area contributed by atoms with Crippen LogP contribution in [0.15, 0.2) is 35.2 Å². The van der Waals surface area contributed by atoms with Gasteiger partial charge in [0, 0.05) is 13.1 Å². The lowest BCUT2D eigenvalue weighted by Crippen LogP contribution is -2.44. The van der Waals surface area contributed by atoms with Gasteiger partial charge in [-0.15, -0.1) is 4.83 Å². The van der Waals surface area contributed by atoms with Crippen LogP contribution in [0.5, 0.6) is 0 Å². The fourth-order valence-electron chi connectivity index (χ4n) is 1.21. The number of nitrogens with one attached hydrogen (secondary N) is 3. The Morgan fingerprint density at radius 2 is 2.00 bits per heavy atom. The number of ether oxygens (including phenoxy) is 1. The molecule has 1 aliphatic heterocycles. The highest BCUT2D eigenvalue weighted by atomic mass is 32.2. The van der Waals surface area contributed by atoms with E-state index in [0.717, 1.165) is 19.8 Å². The molecule has 111 valence electrons. The Hall–Kier alpha value is -1.68. The van der Waals surface area contributed by atoms with Gasteiger partial charge in [-0.3, -0.25) is 5.43 Å². The third kappa shape index (κ3) is 6.48. The summed E-state index contributed by atoms with van der Waals surface area (Å²) in [6.45, 7) is 4.51. The normalized spacial score (nSPS) is 14.8. The molecule has 1 heterocycles. The summed E-state index contributed by atoms with van der Waals surface area (Å²) in [6, 6.07) is 6.64. The molecule has 1 saturated heterocycles. The van der Waals surface area contributed by atoms with Crippen LogP contribution in [0, 0.1) is 6.54 Å². The number of amides is 2. The van der Waals surface area contributed by atoms with Crippen LogP contribution >= 0.6 is 0 Å². The average Bonchev–Trinajstić information content (AvgIpc) is 2.49. The lowest BCUT2D eigenvalue weighted by atomic mass is 10.4. The number of hydrazine groups is 1. The zero-order valence-corrected chi connectivity index (χ0v) is 11.5. The molecule has 0 bridgehead atoms. The molecule has 1 radical (unpaired) electrons. The van der Waals surface area contributed by atoms with Crippen molar-refractivity contribution >= 4 is 16.1 Å². The topological polar surface area (TPSA) is 123 Å². The predicted octanol–water partition coefficient (Wildman–Crippen LogP) is -0.684. The van der Waals surface area contributed by atoms with Gasteiger partial charge in [-0.1, -0.05) is 18.2 Å². The number of sulfonamides is 1. The standard InChI is InChI=1S/C7H9N3O3S.C4H8NO/c8-7(11)9-10-14(12,13)6-4-2-1-3-5-6;1-3-6-4-2-5-1/h1-5,10H,(H3,8,9,11);1,5H,2-4H2. The van der Waals surface area contributed by atoms with Crippen LogP contribution in [-0.4, -0.2) is 34.2 Å². The van der Waals surface area contributed by atoms with Crippen LogP contribution in [0.4, 0.5) is 4.79 Å². The largest absolute Gasteiger partial charge is 0.378 e. The number of morpholine rings is 1. The predicted molar refractivity (Wildman–Crippen MR) is 72.6 cm³/mol. The van der Waals surface area contributed by atoms with Crippen LogP contribution in [0.2, 0.25) is 0 Å². The zero-order chi connectivity index (χ0) is 14.8. The number of hydrogen-bond donors (Lipinski definition) is 4. The summed E-state index contributed by atoms with van der Waals surface area (Å²) in [4.78, 5) is 12.1. The first-order valence-electron chi connectivity index (χ1n) is 5.77. The number of benzene rings is 1. The summed E-state index contributed by atoms with van der Waals surface area (Å²) >= 11 is 0. The molecule has 0 unspecified atom stereocenters. The minimum absolute atomic E-state index is 0.0498. The maximum atomic E-state index is 11.4. The van der Waals surface area contributed by atoms with Crippen molar-refractivity contribution in [2.75, 3.05) is 19.8 Å². The molecular weight excluding hydrogens is 284 g/mol. The molecule has 2 amide bonds. The van der Waals surface area contributed by atoms with Crippen molar-refractivity contribution in [3.05, 3.63) is 36.9 Å². The summed E-state index contributed by atoms with van der Waals surface area (Å²) in [5, 5.41) is 3.03. The maximum absolute atomic E-state index is 11.4. The number of rotatable bonds is 3. The van der Waals surface area contributed by atoms with Gasteiger partial charge in [-0.25, -0.2) is 13.2 Å². The molecule has 1 fully saturated rings. The first-order valence-corrected chi connectivity index (χ1v) is 7.26. The second kappa shape index (κ2) is 8.48. The molecule has 5 N–H and O–H groups in total. The van der Waals surface area contributed by atoms with E-state index in [1.807, 2.05) is 11.4 Å². The van der Waals surface area contributed by atoms with Crippen molar-refractivity contribution in [1.82, 2.24) is 15.6 Å². The lowest BCUT2D eigenvalue weighted by Gasteiger charge is -2.09. The number of urea groups is 1. The molecule has 1 aromatic rings. The van der Waals surface area contributed by atoms with Crippen molar-refractivity contribution < 1.29 is 17.9 Å². The van der Waals surface area contributed by atoms with E-state index >= 15 is 0 Å². The smallest absolute Gasteiger partial charge is 0.327 e. The number of nitrogens with two attached hydrogens (primary N) is 1. The van der Waals surface area contributed by atoms with Crippen molar-refractivity contribution in [2.24, 2.45) is 5.73 Å². The Balaban J connectivity index is 0.000000276. The number of hydrogen-bond acceptors (Lipinski definition) is 5. The second-order valence-corrected chi connectivity index (χ2v) is 5.32. The van der Waals surface area contributed by atoms with Gasteiger partial charge in [0.2, 0.25) is 0 Å². The summed E-state index contributed by atoms with van der Waals surface area (Å²) in [5.41, 5.74) is 6.49. The molecule has 1 aromatic carbocycles. The van der Waals surface area contributed by atoms with Crippen LogP contribution in [-0.2, 0) is 14.8 Å². The zero-order valence-electron chi connectivity index (χ0n) is 10.7. The molecule has 2 rings (SSSR count). The first kappa shape index (κ1) is 16.4. The quantitative estimate of drug-likeness (QED) is 0.551. The molecule has 1 aliphatic rings. The van der Waals surface area contributed by atoms with Crippen LogP contribution in [0.25, 0.3) is 0 Å². The van der Waals surface area contributed by atoms with E-state index in [1.165, 1.54) is 12.1 Å². The third-order valence-electron chi connectivity index (χ3n) is 2.10. The molecule has 0 atom stereocenters. The minimum atomic E-state index is -3.72. The van der Waals surface area contributed by atoms with Crippen molar-refractivity contribution in [3.8, 4) is 0 Å². The molecule has 9 heteroatoms. The minimum Gasteiger partial charge on any atom is -0.378 e. The summed E-state index contributed by atoms with van der Waals surface area (Å²) in [7, 11) is -3.72. The highest BCUT2D eigenvalue weighted by Crippen LogP contribution is 2.05. The van der Waals surface area contributed by atoms with Crippen molar-refractivity contribution in [3.63, 3.8) is 0 Å². The Labute approximate surface area is 117 Å². The van der Waals surface area contributed by atoms with Gasteiger partial charge in [0.05, 0.1) is 18.1 Å². The van der Waals surface area contributed by atoms with Gasteiger partial charge in [0.25, 0.3) is 10.0 Å². The van der Waals surface area contributed by atoms with E-state index in [-0.39, 0.29) is 4.90 Å². The van der Waals surface area contributed by atoms with Gasteiger partial charge in [-0.05, 0) is 12.1 Å². The molecule has 20 heavy (non-hydrogen) atoms. The molecule has 0 spiro atoms. The maximum Gasteiger partial charge on any atom is 0.327 e. The molecule has 0 aliphatic carbocycles. The molecule has 0 aromatic heterocycles. The van der Waals surface area contributed by atoms with Crippen LogP contribution in [0.1, 0.15) is 0 Å². The molecule has 8 nitrogen and oxygen atoms in total.